The summed E-state index contributed by atoms with van der Waals surface area (Å²) in [6.45, 7) is 4.17. The van der Waals surface area contributed by atoms with Gasteiger partial charge in [0.15, 0.2) is 5.76 Å². The third kappa shape index (κ3) is 3.82. The number of thioether (sulfide) groups is 1. The molecular formula is C23H26N2O2S. The first-order valence-electron chi connectivity index (χ1n) is 9.71. The van der Waals surface area contributed by atoms with Gasteiger partial charge in [-0.2, -0.15) is 11.8 Å². The molecule has 1 unspecified atom stereocenters. The number of amides is 1. The Balaban J connectivity index is 1.57. The highest BCUT2D eigenvalue weighted by Crippen LogP contribution is 2.34. The summed E-state index contributed by atoms with van der Waals surface area (Å²) in [5.74, 6) is 2.13. The lowest BCUT2D eigenvalue weighted by atomic mass is 9.90. The first-order valence-corrected chi connectivity index (χ1v) is 10.9. The van der Waals surface area contributed by atoms with Gasteiger partial charge in [-0.25, -0.2) is 0 Å². The third-order valence-corrected chi connectivity index (χ3v) is 6.62. The summed E-state index contributed by atoms with van der Waals surface area (Å²) in [4.78, 5) is 15.2. The third-order valence-electron chi connectivity index (χ3n) is 5.59. The molecule has 5 heteroatoms. The highest BCUT2D eigenvalue weighted by atomic mass is 32.2. The Bertz CT molecular complexity index is 969. The van der Waals surface area contributed by atoms with Crippen LogP contribution in [0.1, 0.15) is 35.0 Å². The van der Waals surface area contributed by atoms with Gasteiger partial charge in [-0.3, -0.25) is 4.79 Å². The van der Waals surface area contributed by atoms with Crippen molar-refractivity contribution >= 4 is 28.6 Å². The maximum atomic E-state index is 13.3. The lowest BCUT2D eigenvalue weighted by Crippen LogP contribution is -2.34. The van der Waals surface area contributed by atoms with Crippen LogP contribution in [0.3, 0.4) is 0 Å². The van der Waals surface area contributed by atoms with Crippen LogP contribution in [0.25, 0.3) is 11.0 Å². The van der Waals surface area contributed by atoms with Crippen LogP contribution in [-0.4, -0.2) is 30.4 Å². The minimum absolute atomic E-state index is 0.00387. The van der Waals surface area contributed by atoms with Crippen LogP contribution in [0.5, 0.6) is 0 Å². The molecule has 0 aliphatic carbocycles. The zero-order chi connectivity index (χ0) is 19.6. The zero-order valence-corrected chi connectivity index (χ0v) is 17.0. The van der Waals surface area contributed by atoms with Crippen molar-refractivity contribution in [2.24, 2.45) is 11.1 Å². The number of nitrogens with two attached hydrogens (primary N) is 1. The second kappa shape index (κ2) is 8.02. The number of rotatable bonds is 6. The Morgan fingerprint density at radius 1 is 1.14 bits per heavy atom. The van der Waals surface area contributed by atoms with Gasteiger partial charge in [0.2, 0.25) is 0 Å². The van der Waals surface area contributed by atoms with Gasteiger partial charge >= 0.3 is 0 Å². The van der Waals surface area contributed by atoms with Crippen LogP contribution in [0, 0.1) is 5.41 Å². The van der Waals surface area contributed by atoms with Crippen LogP contribution in [0.4, 0.5) is 0 Å². The number of para-hydroxylation sites is 1. The van der Waals surface area contributed by atoms with Gasteiger partial charge in [0, 0.05) is 35.5 Å². The van der Waals surface area contributed by atoms with Crippen molar-refractivity contribution in [3.63, 3.8) is 0 Å². The highest BCUT2D eigenvalue weighted by molar-refractivity contribution is 7.97. The number of carbonyl (C=O) groups excluding carboxylic acids is 1. The van der Waals surface area contributed by atoms with Crippen LogP contribution in [0.2, 0.25) is 0 Å². The Kier molecular flexibility index (Phi) is 5.47. The van der Waals surface area contributed by atoms with Gasteiger partial charge < -0.3 is 15.1 Å². The fourth-order valence-corrected chi connectivity index (χ4v) is 4.79. The molecule has 0 bridgehead atoms. The molecule has 0 spiro atoms. The van der Waals surface area contributed by atoms with Crippen molar-refractivity contribution in [3.8, 4) is 0 Å². The molecule has 4 nitrogen and oxygen atoms in total. The maximum Gasteiger partial charge on any atom is 0.289 e. The number of benzene rings is 2. The summed E-state index contributed by atoms with van der Waals surface area (Å²) in [7, 11) is 0. The molecule has 2 heterocycles. The quantitative estimate of drug-likeness (QED) is 0.660. The molecule has 1 aliphatic heterocycles. The fourth-order valence-electron chi connectivity index (χ4n) is 3.77. The van der Waals surface area contributed by atoms with Crippen molar-refractivity contribution in [1.29, 1.82) is 0 Å². The minimum Gasteiger partial charge on any atom is -0.451 e. The lowest BCUT2D eigenvalue weighted by Gasteiger charge is -2.22. The standard InChI is InChI=1S/C23H26N2O2S/c1-23(15-24)11-12-25(16-23)22(26)21-19(18-9-5-6-10-20(18)27-21)14-28-13-17-7-3-2-4-8-17/h2-10H,11-16,24H2,1H3. The van der Waals surface area contributed by atoms with E-state index in [9.17, 15) is 4.79 Å². The van der Waals surface area contributed by atoms with Crippen molar-refractivity contribution in [2.75, 3.05) is 19.6 Å². The van der Waals surface area contributed by atoms with Crippen LogP contribution in [0.15, 0.2) is 59.0 Å². The first kappa shape index (κ1) is 19.1. The lowest BCUT2D eigenvalue weighted by molar-refractivity contribution is 0.0746. The predicted molar refractivity (Wildman–Crippen MR) is 115 cm³/mol. The van der Waals surface area contributed by atoms with Gasteiger partial charge in [0.1, 0.15) is 5.58 Å². The second-order valence-corrected chi connectivity index (χ2v) is 8.86. The van der Waals surface area contributed by atoms with Crippen LogP contribution >= 0.6 is 11.8 Å². The number of carbonyl (C=O) groups is 1. The summed E-state index contributed by atoms with van der Waals surface area (Å²) >= 11 is 1.81. The molecule has 1 aromatic heterocycles. The first-order chi connectivity index (χ1) is 13.6. The molecule has 1 aliphatic rings. The highest BCUT2D eigenvalue weighted by Gasteiger charge is 2.37. The molecule has 0 saturated carbocycles. The van der Waals surface area contributed by atoms with Crippen molar-refractivity contribution < 1.29 is 9.21 Å². The van der Waals surface area contributed by atoms with Gasteiger partial charge in [0.05, 0.1) is 0 Å². The number of hydrogen-bond donors (Lipinski definition) is 1. The second-order valence-electron chi connectivity index (χ2n) is 7.88. The minimum atomic E-state index is -0.0105. The molecule has 3 aromatic rings. The maximum absolute atomic E-state index is 13.3. The molecule has 4 rings (SSSR count). The fraction of sp³-hybridized carbons (Fsp3) is 0.348. The van der Waals surface area contributed by atoms with Gasteiger partial charge in [-0.15, -0.1) is 0 Å². The number of hydrogen-bond acceptors (Lipinski definition) is 4. The average molecular weight is 395 g/mol. The van der Waals surface area contributed by atoms with E-state index in [1.807, 2.05) is 35.2 Å². The number of likely N-dealkylation sites (tertiary alicyclic amines) is 1. The SMILES string of the molecule is CC1(CN)CCN(C(=O)c2oc3ccccc3c2CSCc2ccccc2)C1. The Morgan fingerprint density at radius 2 is 1.89 bits per heavy atom. The Hall–Kier alpha value is -2.24. The smallest absolute Gasteiger partial charge is 0.289 e. The largest absolute Gasteiger partial charge is 0.451 e. The summed E-state index contributed by atoms with van der Waals surface area (Å²) in [5, 5.41) is 1.03. The van der Waals surface area contributed by atoms with Gasteiger partial charge in [-0.05, 0) is 30.0 Å². The van der Waals surface area contributed by atoms with Crippen LogP contribution < -0.4 is 5.73 Å². The molecule has 1 amide bonds. The molecule has 1 atom stereocenters. The van der Waals surface area contributed by atoms with Gasteiger partial charge in [-0.1, -0.05) is 55.5 Å². The van der Waals surface area contributed by atoms with Crippen molar-refractivity contribution in [3.05, 3.63) is 71.5 Å². The normalized spacial score (nSPS) is 19.4. The number of nitrogens with zero attached hydrogens (tertiary/aromatic N) is 1. The summed E-state index contributed by atoms with van der Waals surface area (Å²) in [6.07, 6.45) is 0.938. The predicted octanol–water partition coefficient (Wildman–Crippen LogP) is 4.68. The Morgan fingerprint density at radius 3 is 2.64 bits per heavy atom. The molecule has 2 aromatic carbocycles. The molecule has 2 N–H and O–H groups in total. The van der Waals surface area contributed by atoms with Crippen molar-refractivity contribution in [1.82, 2.24) is 4.90 Å². The molecule has 1 fully saturated rings. The van der Waals surface area contributed by atoms with E-state index in [4.69, 9.17) is 10.2 Å². The van der Waals surface area contributed by atoms with Crippen molar-refractivity contribution in [2.45, 2.75) is 24.9 Å². The zero-order valence-electron chi connectivity index (χ0n) is 16.2. The summed E-state index contributed by atoms with van der Waals surface area (Å²) in [6, 6.07) is 18.3. The van der Waals surface area contributed by atoms with E-state index in [2.05, 4.69) is 31.2 Å². The number of fused-ring (bicyclic) bond motifs is 1. The van der Waals surface area contributed by atoms with E-state index in [-0.39, 0.29) is 11.3 Å². The van der Waals surface area contributed by atoms with E-state index in [0.717, 1.165) is 41.0 Å². The number of furan rings is 1. The molecule has 28 heavy (non-hydrogen) atoms. The van der Waals surface area contributed by atoms with Gasteiger partial charge in [0.25, 0.3) is 5.91 Å². The molecule has 0 radical (unpaired) electrons. The monoisotopic (exact) mass is 394 g/mol. The topological polar surface area (TPSA) is 59.5 Å². The van der Waals surface area contributed by atoms with E-state index in [0.29, 0.717) is 18.8 Å². The molecule has 146 valence electrons. The molecule has 1 saturated heterocycles. The van der Waals surface area contributed by atoms with E-state index >= 15 is 0 Å². The Labute approximate surface area is 170 Å². The average Bonchev–Trinajstić information content (AvgIpc) is 3.30. The van der Waals surface area contributed by atoms with E-state index < -0.39 is 0 Å². The van der Waals surface area contributed by atoms with E-state index in [1.54, 1.807) is 11.8 Å². The van der Waals surface area contributed by atoms with E-state index in [1.165, 1.54) is 5.56 Å². The molecular weight excluding hydrogens is 368 g/mol. The summed E-state index contributed by atoms with van der Waals surface area (Å²) < 4.78 is 6.04. The summed E-state index contributed by atoms with van der Waals surface area (Å²) in [5.41, 5.74) is 8.99. The van der Waals surface area contributed by atoms with Crippen LogP contribution in [-0.2, 0) is 11.5 Å².